The summed E-state index contributed by atoms with van der Waals surface area (Å²) < 4.78 is 6.47. The molecule has 0 heterocycles. The standard InChI is InChI=1S/C11H13BrO2/c12-9-2-1-3-10(6-9)14-7-11(13)8-4-5-8/h1-3,6,8,11,13H,4-5,7H2. The maximum absolute atomic E-state index is 9.58. The van der Waals surface area contributed by atoms with Crippen LogP contribution in [0.1, 0.15) is 12.8 Å². The van der Waals surface area contributed by atoms with E-state index in [0.29, 0.717) is 12.5 Å². The molecule has 1 aromatic carbocycles. The van der Waals surface area contributed by atoms with Gasteiger partial charge in [-0.15, -0.1) is 0 Å². The Labute approximate surface area is 92.0 Å². The molecule has 14 heavy (non-hydrogen) atoms. The van der Waals surface area contributed by atoms with Gasteiger partial charge in [-0.2, -0.15) is 0 Å². The highest BCUT2D eigenvalue weighted by atomic mass is 79.9. The Balaban J connectivity index is 1.84. The first kappa shape index (κ1) is 9.99. The number of ether oxygens (including phenoxy) is 1. The predicted octanol–water partition coefficient (Wildman–Crippen LogP) is 2.60. The Kier molecular flexibility index (Phi) is 3.08. The second-order valence-corrected chi connectivity index (χ2v) is 4.59. The predicted molar refractivity (Wildman–Crippen MR) is 58.4 cm³/mol. The second-order valence-electron chi connectivity index (χ2n) is 3.67. The first-order valence-corrected chi connectivity index (χ1v) is 5.61. The van der Waals surface area contributed by atoms with E-state index in [2.05, 4.69) is 15.9 Å². The van der Waals surface area contributed by atoms with Crippen molar-refractivity contribution in [1.29, 1.82) is 0 Å². The van der Waals surface area contributed by atoms with Crippen LogP contribution in [0, 0.1) is 5.92 Å². The number of halogens is 1. The van der Waals surface area contributed by atoms with Crippen molar-refractivity contribution < 1.29 is 9.84 Å². The molecular formula is C11H13BrO2. The molecule has 2 nitrogen and oxygen atoms in total. The fourth-order valence-electron chi connectivity index (χ4n) is 1.36. The molecule has 0 spiro atoms. The molecule has 0 amide bonds. The Morgan fingerprint density at radius 2 is 2.29 bits per heavy atom. The molecule has 3 heteroatoms. The molecule has 76 valence electrons. The van der Waals surface area contributed by atoms with Crippen LogP contribution < -0.4 is 4.74 Å². The van der Waals surface area contributed by atoms with Crippen LogP contribution in [0.25, 0.3) is 0 Å². The van der Waals surface area contributed by atoms with Gasteiger partial charge in [0.05, 0.1) is 6.10 Å². The molecule has 0 aliphatic heterocycles. The lowest BCUT2D eigenvalue weighted by molar-refractivity contribution is 0.0894. The number of benzene rings is 1. The van der Waals surface area contributed by atoms with E-state index in [9.17, 15) is 5.11 Å². The lowest BCUT2D eigenvalue weighted by Gasteiger charge is -2.11. The number of rotatable bonds is 4. The molecule has 0 bridgehead atoms. The van der Waals surface area contributed by atoms with Gasteiger partial charge in [0.25, 0.3) is 0 Å². The van der Waals surface area contributed by atoms with E-state index in [1.807, 2.05) is 24.3 Å². The van der Waals surface area contributed by atoms with Gasteiger partial charge < -0.3 is 9.84 Å². The summed E-state index contributed by atoms with van der Waals surface area (Å²) in [7, 11) is 0. The summed E-state index contributed by atoms with van der Waals surface area (Å²) in [6.07, 6.45) is 1.99. The average molecular weight is 257 g/mol. The zero-order chi connectivity index (χ0) is 9.97. The van der Waals surface area contributed by atoms with E-state index < -0.39 is 0 Å². The van der Waals surface area contributed by atoms with Gasteiger partial charge in [0, 0.05) is 4.47 Å². The molecular weight excluding hydrogens is 244 g/mol. The summed E-state index contributed by atoms with van der Waals surface area (Å²) >= 11 is 3.37. The van der Waals surface area contributed by atoms with Gasteiger partial charge in [0.1, 0.15) is 12.4 Å². The van der Waals surface area contributed by atoms with Crippen molar-refractivity contribution in [1.82, 2.24) is 0 Å². The molecule has 0 radical (unpaired) electrons. The van der Waals surface area contributed by atoms with Crippen molar-refractivity contribution in [3.8, 4) is 5.75 Å². The lowest BCUT2D eigenvalue weighted by atomic mass is 10.2. The molecule has 1 atom stereocenters. The smallest absolute Gasteiger partial charge is 0.120 e. The zero-order valence-corrected chi connectivity index (χ0v) is 9.40. The van der Waals surface area contributed by atoms with Crippen molar-refractivity contribution in [2.75, 3.05) is 6.61 Å². The van der Waals surface area contributed by atoms with Gasteiger partial charge >= 0.3 is 0 Å². The summed E-state index contributed by atoms with van der Waals surface area (Å²) in [5, 5.41) is 9.58. The zero-order valence-electron chi connectivity index (χ0n) is 7.82. The van der Waals surface area contributed by atoms with E-state index in [1.54, 1.807) is 0 Å². The molecule has 1 unspecified atom stereocenters. The lowest BCUT2D eigenvalue weighted by Crippen LogP contribution is -2.19. The quantitative estimate of drug-likeness (QED) is 0.898. The molecule has 0 saturated heterocycles. The summed E-state index contributed by atoms with van der Waals surface area (Å²) in [5.41, 5.74) is 0. The van der Waals surface area contributed by atoms with Crippen molar-refractivity contribution in [2.24, 2.45) is 5.92 Å². The second kappa shape index (κ2) is 4.32. The van der Waals surface area contributed by atoms with Gasteiger partial charge in [0.2, 0.25) is 0 Å². The van der Waals surface area contributed by atoms with Gasteiger partial charge in [-0.25, -0.2) is 0 Å². The average Bonchev–Trinajstić information content (AvgIpc) is 2.97. The molecule has 1 aliphatic rings. The topological polar surface area (TPSA) is 29.5 Å². The van der Waals surface area contributed by atoms with Crippen LogP contribution in [0.3, 0.4) is 0 Å². The summed E-state index contributed by atoms with van der Waals surface area (Å²) in [6.45, 7) is 0.404. The molecule has 1 saturated carbocycles. The van der Waals surface area contributed by atoms with Crippen LogP contribution in [-0.2, 0) is 0 Å². The van der Waals surface area contributed by atoms with E-state index in [0.717, 1.165) is 23.1 Å². The van der Waals surface area contributed by atoms with E-state index in [-0.39, 0.29) is 6.10 Å². The number of hydrogen-bond acceptors (Lipinski definition) is 2. The Hall–Kier alpha value is -0.540. The van der Waals surface area contributed by atoms with Crippen LogP contribution in [-0.4, -0.2) is 17.8 Å². The Morgan fingerprint density at radius 1 is 1.50 bits per heavy atom. The maximum Gasteiger partial charge on any atom is 0.120 e. The minimum atomic E-state index is -0.297. The van der Waals surface area contributed by atoms with Gasteiger partial charge in [-0.05, 0) is 37.0 Å². The summed E-state index contributed by atoms with van der Waals surface area (Å²) in [5.74, 6) is 1.28. The largest absolute Gasteiger partial charge is 0.491 e. The first-order chi connectivity index (χ1) is 6.75. The molecule has 2 rings (SSSR count). The van der Waals surface area contributed by atoms with Crippen molar-refractivity contribution in [3.05, 3.63) is 28.7 Å². The maximum atomic E-state index is 9.58. The van der Waals surface area contributed by atoms with Crippen molar-refractivity contribution in [3.63, 3.8) is 0 Å². The van der Waals surface area contributed by atoms with Crippen molar-refractivity contribution >= 4 is 15.9 Å². The number of hydrogen-bond donors (Lipinski definition) is 1. The summed E-state index contributed by atoms with van der Waals surface area (Å²) in [4.78, 5) is 0. The van der Waals surface area contributed by atoms with Crippen LogP contribution in [0.2, 0.25) is 0 Å². The van der Waals surface area contributed by atoms with Gasteiger partial charge in [-0.3, -0.25) is 0 Å². The molecule has 1 fully saturated rings. The molecule has 1 N–H and O–H groups in total. The van der Waals surface area contributed by atoms with Gasteiger partial charge in [0.15, 0.2) is 0 Å². The normalized spacial score (nSPS) is 17.9. The molecule has 0 aromatic heterocycles. The van der Waals surface area contributed by atoms with Crippen LogP contribution in [0.5, 0.6) is 5.75 Å². The Morgan fingerprint density at radius 3 is 2.93 bits per heavy atom. The highest BCUT2D eigenvalue weighted by molar-refractivity contribution is 9.10. The third-order valence-electron chi connectivity index (χ3n) is 2.38. The highest BCUT2D eigenvalue weighted by Crippen LogP contribution is 2.32. The van der Waals surface area contributed by atoms with E-state index in [4.69, 9.17) is 4.74 Å². The fraction of sp³-hybridized carbons (Fsp3) is 0.455. The molecule has 1 aliphatic carbocycles. The molecule has 1 aromatic rings. The highest BCUT2D eigenvalue weighted by Gasteiger charge is 2.29. The number of aliphatic hydroxyl groups is 1. The van der Waals surface area contributed by atoms with Crippen molar-refractivity contribution in [2.45, 2.75) is 18.9 Å². The SMILES string of the molecule is OC(COc1cccc(Br)c1)C1CC1. The van der Waals surface area contributed by atoms with Gasteiger partial charge in [-0.1, -0.05) is 22.0 Å². The minimum absolute atomic E-state index is 0.297. The van der Waals surface area contributed by atoms with E-state index >= 15 is 0 Å². The van der Waals surface area contributed by atoms with Crippen LogP contribution in [0.15, 0.2) is 28.7 Å². The van der Waals surface area contributed by atoms with E-state index in [1.165, 1.54) is 0 Å². The van der Waals surface area contributed by atoms with Crippen LogP contribution in [0.4, 0.5) is 0 Å². The first-order valence-electron chi connectivity index (χ1n) is 4.82. The summed E-state index contributed by atoms with van der Waals surface area (Å²) in [6, 6.07) is 7.66. The Bertz CT molecular complexity index is 310. The fourth-order valence-corrected chi connectivity index (χ4v) is 1.73. The third-order valence-corrected chi connectivity index (χ3v) is 2.88. The third kappa shape index (κ3) is 2.72. The monoisotopic (exact) mass is 256 g/mol. The van der Waals surface area contributed by atoms with Crippen LogP contribution >= 0.6 is 15.9 Å². The minimum Gasteiger partial charge on any atom is -0.491 e. The number of aliphatic hydroxyl groups excluding tert-OH is 1.